The van der Waals surface area contributed by atoms with Gasteiger partial charge in [-0.3, -0.25) is 10.1 Å². The molecule has 0 saturated carbocycles. The van der Waals surface area contributed by atoms with Crippen molar-refractivity contribution in [3.8, 4) is 11.5 Å². The van der Waals surface area contributed by atoms with Crippen LogP contribution in [0.3, 0.4) is 0 Å². The summed E-state index contributed by atoms with van der Waals surface area (Å²) < 4.78 is 5.51. The number of benzene rings is 2. The number of aromatic hydroxyl groups is 1. The molecule has 22 heavy (non-hydrogen) atoms. The fourth-order valence-electron chi connectivity index (χ4n) is 2.14. The number of nitrogens with two attached hydrogens (primary N) is 1. The monoisotopic (exact) mass is 303 g/mol. The zero-order valence-electron chi connectivity index (χ0n) is 11.6. The second-order valence-corrected chi connectivity index (χ2v) is 4.78. The van der Waals surface area contributed by atoms with E-state index in [1.807, 2.05) is 0 Å². The third-order valence-electron chi connectivity index (χ3n) is 3.27. The predicted molar refractivity (Wildman–Crippen MR) is 80.4 cm³/mol. The molecule has 1 aliphatic heterocycles. The molecule has 0 aliphatic carbocycles. The highest BCUT2D eigenvalue weighted by Crippen LogP contribution is 2.36. The van der Waals surface area contributed by atoms with Crippen molar-refractivity contribution < 1.29 is 20.2 Å². The third kappa shape index (κ3) is 2.86. The van der Waals surface area contributed by atoms with Gasteiger partial charge in [-0.05, 0) is 0 Å². The van der Waals surface area contributed by atoms with Crippen LogP contribution in [-0.2, 0) is 0 Å². The van der Waals surface area contributed by atoms with Gasteiger partial charge in [-0.2, -0.15) is 0 Å². The van der Waals surface area contributed by atoms with Crippen LogP contribution in [0, 0.1) is 10.1 Å². The van der Waals surface area contributed by atoms with Crippen LogP contribution < -0.4 is 20.9 Å². The summed E-state index contributed by atoms with van der Waals surface area (Å²) in [5.74, 6) is 0.763. The maximum atomic E-state index is 10.6. The number of rotatable bonds is 4. The Morgan fingerprint density at radius 2 is 2.09 bits per heavy atom. The molecule has 8 nitrogen and oxygen atoms in total. The van der Waals surface area contributed by atoms with Crippen LogP contribution >= 0.6 is 0 Å². The van der Waals surface area contributed by atoms with Gasteiger partial charge in [-0.1, -0.05) is 0 Å². The Balaban J connectivity index is 1.72. The van der Waals surface area contributed by atoms with Crippen LogP contribution in [0.4, 0.5) is 22.7 Å². The summed E-state index contributed by atoms with van der Waals surface area (Å²) >= 11 is 0. The summed E-state index contributed by atoms with van der Waals surface area (Å²) in [6, 6.07) is 9.40. The molecule has 0 saturated heterocycles. The lowest BCUT2D eigenvalue weighted by Crippen LogP contribution is -2.82. The molecule has 2 aromatic rings. The van der Waals surface area contributed by atoms with Gasteiger partial charge in [0.1, 0.15) is 23.8 Å². The summed E-state index contributed by atoms with van der Waals surface area (Å²) in [6.45, 7) is 1.28. The number of anilines is 2. The minimum Gasteiger partial charge on any atom is -0.505 e. The van der Waals surface area contributed by atoms with Gasteiger partial charge in [0, 0.05) is 42.9 Å². The highest BCUT2D eigenvalue weighted by Gasteiger charge is 2.15. The lowest BCUT2D eigenvalue weighted by atomic mass is 10.2. The molecule has 2 aromatic carbocycles. The number of nitro groups is 1. The summed E-state index contributed by atoms with van der Waals surface area (Å²) in [5, 5.41) is 23.7. The first-order valence-corrected chi connectivity index (χ1v) is 6.71. The first-order chi connectivity index (χ1) is 10.6. The Morgan fingerprint density at radius 1 is 1.32 bits per heavy atom. The number of non-ortho nitro benzene ring substituents is 1. The lowest BCUT2D eigenvalue weighted by molar-refractivity contribution is -0.538. The van der Waals surface area contributed by atoms with Gasteiger partial charge >= 0.3 is 0 Å². The van der Waals surface area contributed by atoms with Crippen molar-refractivity contribution in [3.63, 3.8) is 0 Å². The van der Waals surface area contributed by atoms with E-state index in [9.17, 15) is 15.2 Å². The van der Waals surface area contributed by atoms with Crippen molar-refractivity contribution >= 4 is 22.7 Å². The van der Waals surface area contributed by atoms with E-state index in [1.54, 1.807) is 29.7 Å². The van der Waals surface area contributed by atoms with E-state index in [-0.39, 0.29) is 11.4 Å². The van der Waals surface area contributed by atoms with Gasteiger partial charge in [-0.25, -0.2) is 10.9 Å². The second-order valence-electron chi connectivity index (χ2n) is 4.78. The zero-order valence-corrected chi connectivity index (χ0v) is 11.6. The van der Waals surface area contributed by atoms with Crippen LogP contribution in [-0.4, -0.2) is 23.2 Å². The summed E-state index contributed by atoms with van der Waals surface area (Å²) in [6.07, 6.45) is 0. The summed E-state index contributed by atoms with van der Waals surface area (Å²) in [5.41, 5.74) is 6.67. The molecule has 1 aliphatic rings. The van der Waals surface area contributed by atoms with E-state index in [2.05, 4.69) is 10.7 Å². The molecular formula is C14H15N4O4+. The molecule has 0 radical (unpaired) electrons. The van der Waals surface area contributed by atoms with Crippen molar-refractivity contribution in [2.45, 2.75) is 0 Å². The van der Waals surface area contributed by atoms with Gasteiger partial charge in [0.25, 0.3) is 5.69 Å². The molecule has 8 heteroatoms. The molecule has 0 aromatic heterocycles. The standard InChI is InChI=1S/C14H14N4O4/c19-13-7-12-14(22-6-5-15-12)8-11(13)17-16-9-1-3-10(4-2-9)18(20)21/h1-4,7-8,15-17,19H,5-6H2/p+1. The van der Waals surface area contributed by atoms with Gasteiger partial charge < -0.3 is 15.2 Å². The van der Waals surface area contributed by atoms with E-state index in [1.165, 1.54) is 12.1 Å². The molecule has 0 atom stereocenters. The highest BCUT2D eigenvalue weighted by atomic mass is 16.6. The van der Waals surface area contributed by atoms with Crippen LogP contribution in [0.5, 0.6) is 11.5 Å². The molecule has 5 N–H and O–H groups in total. The van der Waals surface area contributed by atoms with Crippen molar-refractivity contribution in [2.24, 2.45) is 0 Å². The van der Waals surface area contributed by atoms with Crippen LogP contribution in [0.25, 0.3) is 0 Å². The summed E-state index contributed by atoms with van der Waals surface area (Å²) in [7, 11) is 0. The van der Waals surface area contributed by atoms with Crippen LogP contribution in [0.1, 0.15) is 0 Å². The largest absolute Gasteiger partial charge is 0.505 e. The Labute approximate surface area is 125 Å². The number of nitrogens with zero attached hydrogens (tertiary/aromatic N) is 1. The highest BCUT2D eigenvalue weighted by molar-refractivity contribution is 5.70. The number of fused-ring (bicyclic) bond motifs is 1. The molecule has 0 spiro atoms. The number of quaternary nitrogens is 1. The number of nitro benzene ring substituents is 1. The van der Waals surface area contributed by atoms with Crippen molar-refractivity contribution in [2.75, 3.05) is 23.9 Å². The molecule has 0 bridgehead atoms. The first kappa shape index (κ1) is 14.0. The van der Waals surface area contributed by atoms with Crippen molar-refractivity contribution in [3.05, 3.63) is 46.5 Å². The van der Waals surface area contributed by atoms with Gasteiger partial charge in [0.15, 0.2) is 5.69 Å². The Hall–Kier alpha value is -3.00. The van der Waals surface area contributed by atoms with Gasteiger partial charge in [0.05, 0.1) is 10.6 Å². The van der Waals surface area contributed by atoms with E-state index in [4.69, 9.17) is 4.74 Å². The Morgan fingerprint density at radius 3 is 2.82 bits per heavy atom. The fourth-order valence-corrected chi connectivity index (χ4v) is 2.14. The SMILES string of the molecule is O=[N+]([O-])c1ccc([NH2+]Nc2cc3c(cc2O)NCCO3)cc1. The van der Waals surface area contributed by atoms with E-state index < -0.39 is 4.92 Å². The number of hydrogen-bond acceptors (Lipinski definition) is 6. The van der Waals surface area contributed by atoms with E-state index in [0.29, 0.717) is 24.6 Å². The molecule has 0 unspecified atom stereocenters. The number of phenolic OH excluding ortho intramolecular Hbond substituents is 1. The minimum absolute atomic E-state index is 0.0354. The predicted octanol–water partition coefficient (Wildman–Crippen LogP) is 1.33. The molecule has 114 valence electrons. The van der Waals surface area contributed by atoms with Gasteiger partial charge in [0.2, 0.25) is 0 Å². The normalized spacial score (nSPS) is 12.7. The fraction of sp³-hybridized carbons (Fsp3) is 0.143. The maximum absolute atomic E-state index is 10.6. The van der Waals surface area contributed by atoms with E-state index >= 15 is 0 Å². The van der Waals surface area contributed by atoms with Crippen molar-refractivity contribution in [1.82, 2.24) is 0 Å². The lowest BCUT2D eigenvalue weighted by Gasteiger charge is -2.20. The average molecular weight is 303 g/mol. The minimum atomic E-state index is -0.448. The molecular weight excluding hydrogens is 288 g/mol. The molecule has 1 heterocycles. The maximum Gasteiger partial charge on any atom is 0.269 e. The van der Waals surface area contributed by atoms with Crippen LogP contribution in [0.2, 0.25) is 0 Å². The number of phenols is 1. The second kappa shape index (κ2) is 5.78. The number of nitrogen functional groups attached to an aromatic ring is 1. The third-order valence-corrected chi connectivity index (χ3v) is 3.27. The quantitative estimate of drug-likeness (QED) is 0.223. The molecule has 3 rings (SSSR count). The number of ether oxygens (including phenoxy) is 1. The zero-order chi connectivity index (χ0) is 15.5. The number of hydrogen-bond donors (Lipinski definition) is 4. The van der Waals surface area contributed by atoms with Crippen molar-refractivity contribution in [1.29, 1.82) is 0 Å². The van der Waals surface area contributed by atoms with Gasteiger partial charge in [-0.15, -0.1) is 0 Å². The van der Waals surface area contributed by atoms with E-state index in [0.717, 1.165) is 11.4 Å². The average Bonchev–Trinajstić information content (AvgIpc) is 2.53. The molecule has 0 fully saturated rings. The first-order valence-electron chi connectivity index (χ1n) is 6.71. The smallest absolute Gasteiger partial charge is 0.269 e. The Kier molecular flexibility index (Phi) is 3.67. The topological polar surface area (TPSA) is 113 Å². The Bertz CT molecular complexity index is 703. The van der Waals surface area contributed by atoms with Crippen LogP contribution in [0.15, 0.2) is 36.4 Å². The summed E-state index contributed by atoms with van der Waals surface area (Å²) in [4.78, 5) is 10.2. The number of nitrogens with one attached hydrogen (secondary N) is 2. The molecule has 0 amide bonds.